The van der Waals surface area contributed by atoms with Crippen molar-refractivity contribution in [2.75, 3.05) is 6.54 Å². The van der Waals surface area contributed by atoms with Gasteiger partial charge in [0.15, 0.2) is 5.69 Å². The highest BCUT2D eigenvalue weighted by molar-refractivity contribution is 5.92. The highest BCUT2D eigenvalue weighted by Gasteiger charge is 2.27. The normalized spacial score (nSPS) is 11.5. The molecule has 0 bridgehead atoms. The summed E-state index contributed by atoms with van der Waals surface area (Å²) >= 11 is 0. The maximum atomic E-state index is 12.4. The third-order valence-corrected chi connectivity index (χ3v) is 4.12. The van der Waals surface area contributed by atoms with Crippen molar-refractivity contribution in [3.8, 4) is 5.69 Å². The zero-order valence-corrected chi connectivity index (χ0v) is 13.3. The average Bonchev–Trinajstić information content (AvgIpc) is 3.03. The summed E-state index contributed by atoms with van der Waals surface area (Å²) in [6.45, 7) is 6.43. The fourth-order valence-electron chi connectivity index (χ4n) is 2.34. The van der Waals surface area contributed by atoms with Crippen LogP contribution in [0.25, 0.3) is 5.69 Å². The molecule has 1 amide bonds. The Hall–Kier alpha value is -2.21. The van der Waals surface area contributed by atoms with Gasteiger partial charge in [0.05, 0.1) is 17.4 Å². The van der Waals surface area contributed by atoms with Crippen LogP contribution in [0.1, 0.15) is 42.7 Å². The van der Waals surface area contributed by atoms with E-state index < -0.39 is 0 Å². The molecule has 6 nitrogen and oxygen atoms in total. The van der Waals surface area contributed by atoms with E-state index in [1.165, 1.54) is 0 Å². The molecular weight excluding hydrogens is 278 g/mol. The predicted octanol–water partition coefficient (Wildman–Crippen LogP) is 1.82. The van der Waals surface area contributed by atoms with Crippen LogP contribution in [0.15, 0.2) is 30.5 Å². The Morgan fingerprint density at radius 3 is 2.68 bits per heavy atom. The molecule has 1 aromatic carbocycles. The number of benzene rings is 1. The predicted molar refractivity (Wildman–Crippen MR) is 85.9 cm³/mol. The summed E-state index contributed by atoms with van der Waals surface area (Å²) in [5.41, 5.74) is 7.72. The van der Waals surface area contributed by atoms with Gasteiger partial charge in [-0.1, -0.05) is 31.2 Å². The smallest absolute Gasteiger partial charge is 0.273 e. The standard InChI is InChI=1S/C16H23N5O/c1-4-16(5-2,11-17)18-15(22)14-10-21(20-19-14)13-8-6-7-12(3)9-13/h6-10H,4-5,11,17H2,1-3H3,(H,18,22). The van der Waals surface area contributed by atoms with Gasteiger partial charge in [-0.3, -0.25) is 4.79 Å². The van der Waals surface area contributed by atoms with Crippen molar-refractivity contribution in [1.29, 1.82) is 0 Å². The quantitative estimate of drug-likeness (QED) is 0.852. The van der Waals surface area contributed by atoms with E-state index in [9.17, 15) is 4.79 Å². The van der Waals surface area contributed by atoms with Gasteiger partial charge in [0.25, 0.3) is 5.91 Å². The number of aryl methyl sites for hydroxylation is 1. The molecule has 1 heterocycles. The molecule has 118 valence electrons. The fraction of sp³-hybridized carbons (Fsp3) is 0.438. The second-order valence-corrected chi connectivity index (χ2v) is 5.53. The minimum Gasteiger partial charge on any atom is -0.344 e. The van der Waals surface area contributed by atoms with Crippen molar-refractivity contribution in [2.24, 2.45) is 5.73 Å². The fourth-order valence-corrected chi connectivity index (χ4v) is 2.34. The Labute approximate surface area is 130 Å². The van der Waals surface area contributed by atoms with Gasteiger partial charge in [0.1, 0.15) is 0 Å². The van der Waals surface area contributed by atoms with Crippen molar-refractivity contribution in [3.05, 3.63) is 41.7 Å². The molecule has 0 aliphatic rings. The zero-order valence-electron chi connectivity index (χ0n) is 13.3. The Bertz CT molecular complexity index is 637. The first kappa shape index (κ1) is 16.2. The molecule has 22 heavy (non-hydrogen) atoms. The number of aromatic nitrogens is 3. The summed E-state index contributed by atoms with van der Waals surface area (Å²) in [6.07, 6.45) is 3.19. The first-order valence-electron chi connectivity index (χ1n) is 7.55. The summed E-state index contributed by atoms with van der Waals surface area (Å²) in [5.74, 6) is -0.243. The lowest BCUT2D eigenvalue weighted by atomic mass is 9.93. The summed E-state index contributed by atoms with van der Waals surface area (Å²) in [7, 11) is 0. The minimum atomic E-state index is -0.385. The molecular formula is C16H23N5O. The van der Waals surface area contributed by atoms with E-state index in [1.807, 2.05) is 45.0 Å². The molecule has 0 fully saturated rings. The van der Waals surface area contributed by atoms with Crippen molar-refractivity contribution in [3.63, 3.8) is 0 Å². The summed E-state index contributed by atoms with van der Waals surface area (Å²) in [4.78, 5) is 12.4. The molecule has 0 saturated heterocycles. The second kappa shape index (κ2) is 6.70. The van der Waals surface area contributed by atoms with Crippen LogP contribution in [0.3, 0.4) is 0 Å². The van der Waals surface area contributed by atoms with Crippen LogP contribution >= 0.6 is 0 Å². The number of nitrogens with zero attached hydrogens (tertiary/aromatic N) is 3. The van der Waals surface area contributed by atoms with E-state index in [2.05, 4.69) is 15.6 Å². The molecule has 2 aromatic rings. The molecule has 2 rings (SSSR count). The lowest BCUT2D eigenvalue weighted by Gasteiger charge is -2.30. The van der Waals surface area contributed by atoms with Crippen LogP contribution in [0.4, 0.5) is 0 Å². The summed E-state index contributed by atoms with van der Waals surface area (Å²) in [5, 5.41) is 11.0. The number of carbonyl (C=O) groups excluding carboxylic acids is 1. The highest BCUT2D eigenvalue weighted by Crippen LogP contribution is 2.14. The average molecular weight is 301 g/mol. The largest absolute Gasteiger partial charge is 0.344 e. The number of rotatable bonds is 6. The Kier molecular flexibility index (Phi) is 4.92. The van der Waals surface area contributed by atoms with Crippen LogP contribution in [0.2, 0.25) is 0 Å². The molecule has 6 heteroatoms. The molecule has 0 radical (unpaired) electrons. The molecule has 0 unspecified atom stereocenters. The first-order valence-corrected chi connectivity index (χ1v) is 7.55. The number of nitrogens with two attached hydrogens (primary N) is 1. The third kappa shape index (κ3) is 3.33. The number of amides is 1. The van der Waals surface area contributed by atoms with Gasteiger partial charge in [0, 0.05) is 6.54 Å². The van der Waals surface area contributed by atoms with Crippen LogP contribution in [0.5, 0.6) is 0 Å². The van der Waals surface area contributed by atoms with Gasteiger partial charge in [0.2, 0.25) is 0 Å². The number of hydrogen-bond donors (Lipinski definition) is 2. The number of nitrogens with one attached hydrogen (secondary N) is 1. The van der Waals surface area contributed by atoms with E-state index in [4.69, 9.17) is 5.73 Å². The first-order chi connectivity index (χ1) is 10.5. The molecule has 0 saturated carbocycles. The van der Waals surface area contributed by atoms with Crippen LogP contribution in [-0.2, 0) is 0 Å². The van der Waals surface area contributed by atoms with E-state index in [1.54, 1.807) is 10.9 Å². The topological polar surface area (TPSA) is 85.8 Å². The van der Waals surface area contributed by atoms with E-state index >= 15 is 0 Å². The molecule has 0 aliphatic heterocycles. The van der Waals surface area contributed by atoms with Gasteiger partial charge in [-0.25, -0.2) is 4.68 Å². The van der Waals surface area contributed by atoms with E-state index in [0.29, 0.717) is 12.2 Å². The summed E-state index contributed by atoms with van der Waals surface area (Å²) < 4.78 is 1.60. The monoisotopic (exact) mass is 301 g/mol. The van der Waals surface area contributed by atoms with Crippen LogP contribution in [0, 0.1) is 6.92 Å². The Morgan fingerprint density at radius 1 is 1.36 bits per heavy atom. The highest BCUT2D eigenvalue weighted by atomic mass is 16.2. The molecule has 3 N–H and O–H groups in total. The second-order valence-electron chi connectivity index (χ2n) is 5.53. The van der Waals surface area contributed by atoms with Gasteiger partial charge < -0.3 is 11.1 Å². The number of carbonyl (C=O) groups is 1. The van der Waals surface area contributed by atoms with Gasteiger partial charge in [-0.2, -0.15) is 0 Å². The molecule has 0 spiro atoms. The third-order valence-electron chi connectivity index (χ3n) is 4.12. The lowest BCUT2D eigenvalue weighted by Crippen LogP contribution is -2.53. The van der Waals surface area contributed by atoms with Crippen molar-refractivity contribution in [1.82, 2.24) is 20.3 Å². The Morgan fingerprint density at radius 2 is 2.09 bits per heavy atom. The molecule has 0 atom stereocenters. The van der Waals surface area contributed by atoms with Crippen molar-refractivity contribution < 1.29 is 4.79 Å². The van der Waals surface area contributed by atoms with Crippen molar-refractivity contribution in [2.45, 2.75) is 39.2 Å². The van der Waals surface area contributed by atoms with Crippen LogP contribution < -0.4 is 11.1 Å². The maximum Gasteiger partial charge on any atom is 0.273 e. The van der Waals surface area contributed by atoms with E-state index in [-0.39, 0.29) is 11.4 Å². The van der Waals surface area contributed by atoms with E-state index in [0.717, 1.165) is 24.1 Å². The van der Waals surface area contributed by atoms with Crippen molar-refractivity contribution >= 4 is 5.91 Å². The Balaban J connectivity index is 2.19. The van der Waals surface area contributed by atoms with Gasteiger partial charge in [-0.15, -0.1) is 5.10 Å². The lowest BCUT2D eigenvalue weighted by molar-refractivity contribution is 0.0890. The summed E-state index contributed by atoms with van der Waals surface area (Å²) in [6, 6.07) is 7.86. The van der Waals surface area contributed by atoms with Gasteiger partial charge >= 0.3 is 0 Å². The maximum absolute atomic E-state index is 12.4. The molecule has 1 aromatic heterocycles. The SMILES string of the molecule is CCC(CC)(CN)NC(=O)c1cn(-c2cccc(C)c2)nn1. The van der Waals surface area contributed by atoms with Crippen LogP contribution in [-0.4, -0.2) is 33.0 Å². The molecule has 0 aliphatic carbocycles. The zero-order chi connectivity index (χ0) is 16.2. The number of hydrogen-bond acceptors (Lipinski definition) is 4. The van der Waals surface area contributed by atoms with Gasteiger partial charge in [-0.05, 0) is 37.5 Å². The minimum absolute atomic E-state index is 0.243.